The molecule has 3 heteroatoms. The van der Waals surface area contributed by atoms with Gasteiger partial charge in [-0.3, -0.25) is 0 Å². The quantitative estimate of drug-likeness (QED) is 0.482. The maximum absolute atomic E-state index is 6.66. The van der Waals surface area contributed by atoms with Gasteiger partial charge >= 0.3 is 8.56 Å². The summed E-state index contributed by atoms with van der Waals surface area (Å²) >= 11 is 0. The van der Waals surface area contributed by atoms with Crippen molar-refractivity contribution < 1.29 is 8.85 Å². The second-order valence-electron chi connectivity index (χ2n) is 7.58. The molecule has 0 spiro atoms. The van der Waals surface area contributed by atoms with Gasteiger partial charge in [0.25, 0.3) is 0 Å². The Morgan fingerprint density at radius 1 is 0.952 bits per heavy atom. The summed E-state index contributed by atoms with van der Waals surface area (Å²) in [5, 5.41) is 0.166. The van der Waals surface area contributed by atoms with Crippen LogP contribution in [0, 0.1) is 5.92 Å². The summed E-state index contributed by atoms with van der Waals surface area (Å²) in [6.07, 6.45) is 8.92. The summed E-state index contributed by atoms with van der Waals surface area (Å²) in [4.78, 5) is 0. The van der Waals surface area contributed by atoms with Gasteiger partial charge in [0.2, 0.25) is 0 Å². The molecule has 21 heavy (non-hydrogen) atoms. The third-order valence-electron chi connectivity index (χ3n) is 5.53. The Balaban J connectivity index is 3.11. The molecule has 0 bridgehead atoms. The van der Waals surface area contributed by atoms with Crippen LogP contribution in [0.2, 0.25) is 10.6 Å². The molecule has 0 amide bonds. The van der Waals surface area contributed by atoms with Crippen LogP contribution in [-0.4, -0.2) is 21.8 Å². The average Bonchev–Trinajstić information content (AvgIpc) is 2.48. The molecule has 0 N–H and O–H groups in total. The van der Waals surface area contributed by atoms with E-state index in [1.807, 2.05) is 0 Å². The molecule has 1 rings (SSSR count). The van der Waals surface area contributed by atoms with Gasteiger partial charge in [-0.15, -0.1) is 0 Å². The van der Waals surface area contributed by atoms with Crippen LogP contribution in [0.4, 0.5) is 0 Å². The van der Waals surface area contributed by atoms with E-state index < -0.39 is 8.56 Å². The minimum Gasteiger partial charge on any atom is -0.394 e. The molecule has 0 aromatic rings. The lowest BCUT2D eigenvalue weighted by atomic mass is 9.98. The van der Waals surface area contributed by atoms with Gasteiger partial charge in [-0.05, 0) is 31.6 Å². The Hall–Kier alpha value is 0.137. The Morgan fingerprint density at radius 3 is 1.81 bits per heavy atom. The smallest absolute Gasteiger partial charge is 0.347 e. The van der Waals surface area contributed by atoms with Gasteiger partial charge in [-0.1, -0.05) is 60.8 Å². The van der Waals surface area contributed by atoms with Crippen molar-refractivity contribution in [2.24, 2.45) is 5.92 Å². The summed E-state index contributed by atoms with van der Waals surface area (Å²) in [6, 6.07) is 0. The molecule has 0 aromatic heterocycles. The van der Waals surface area contributed by atoms with Crippen molar-refractivity contribution >= 4 is 8.56 Å². The molecule has 0 aromatic carbocycles. The van der Waals surface area contributed by atoms with Crippen LogP contribution in [-0.2, 0) is 8.85 Å². The highest BCUT2D eigenvalue weighted by atomic mass is 28.4. The summed E-state index contributed by atoms with van der Waals surface area (Å²) in [7, 11) is -2.23. The van der Waals surface area contributed by atoms with Crippen molar-refractivity contribution in [3.63, 3.8) is 0 Å². The monoisotopic (exact) mass is 314 g/mol. The lowest BCUT2D eigenvalue weighted by molar-refractivity contribution is 0.117. The lowest BCUT2D eigenvalue weighted by Crippen LogP contribution is -2.57. The Bertz CT molecular complexity index is 275. The molecule has 0 radical (unpaired) electrons. The van der Waals surface area contributed by atoms with Gasteiger partial charge in [0, 0.05) is 23.8 Å². The zero-order valence-corrected chi connectivity index (χ0v) is 16.3. The normalized spacial score (nSPS) is 18.4. The van der Waals surface area contributed by atoms with Gasteiger partial charge in [-0.25, -0.2) is 0 Å². The maximum Gasteiger partial charge on any atom is 0.347 e. The fraction of sp³-hybridized carbons (Fsp3) is 1.00. The van der Waals surface area contributed by atoms with Crippen molar-refractivity contribution in [3.8, 4) is 0 Å². The first-order valence-corrected chi connectivity index (χ1v) is 11.1. The first kappa shape index (κ1) is 19.2. The lowest BCUT2D eigenvalue weighted by Gasteiger charge is -2.50. The van der Waals surface area contributed by atoms with Crippen LogP contribution in [0.3, 0.4) is 0 Å². The zero-order valence-electron chi connectivity index (χ0n) is 15.3. The third kappa shape index (κ3) is 4.32. The molecule has 0 atom stereocenters. The topological polar surface area (TPSA) is 18.5 Å². The first-order valence-electron chi connectivity index (χ1n) is 9.20. The predicted molar refractivity (Wildman–Crippen MR) is 94.0 cm³/mol. The SMILES string of the molecule is CCCO[Si](OCCC)(C1CCCCC1)C(C)(C)C(C)C. The highest BCUT2D eigenvalue weighted by Crippen LogP contribution is 2.54. The Kier molecular flexibility index (Phi) is 7.94. The standard InChI is InChI=1S/C18H38O2Si/c1-7-14-19-21(20-15-8-2,18(5,6)16(3)4)17-12-10-9-11-13-17/h16-17H,7-15H2,1-6H3. The second-order valence-corrected chi connectivity index (χ2v) is 11.6. The molecule has 0 unspecified atom stereocenters. The van der Waals surface area contributed by atoms with Gasteiger partial charge in [0.15, 0.2) is 0 Å². The van der Waals surface area contributed by atoms with E-state index in [4.69, 9.17) is 8.85 Å². The van der Waals surface area contributed by atoms with E-state index in [2.05, 4.69) is 41.5 Å². The fourth-order valence-corrected chi connectivity index (χ4v) is 8.91. The van der Waals surface area contributed by atoms with Gasteiger partial charge in [0.05, 0.1) is 0 Å². The van der Waals surface area contributed by atoms with Crippen LogP contribution in [0.5, 0.6) is 0 Å². The zero-order chi connectivity index (χ0) is 15.9. The minimum absolute atomic E-state index is 0.166. The minimum atomic E-state index is -2.23. The summed E-state index contributed by atoms with van der Waals surface area (Å²) < 4.78 is 13.3. The Labute approximate surface area is 134 Å². The van der Waals surface area contributed by atoms with E-state index in [1.54, 1.807) is 0 Å². The molecular formula is C18H38O2Si. The van der Waals surface area contributed by atoms with Gasteiger partial charge in [-0.2, -0.15) is 0 Å². The molecule has 1 saturated carbocycles. The predicted octanol–water partition coefficient (Wildman–Crippen LogP) is 6.05. The van der Waals surface area contributed by atoms with Gasteiger partial charge < -0.3 is 8.85 Å². The van der Waals surface area contributed by atoms with Crippen LogP contribution < -0.4 is 0 Å². The number of rotatable bonds is 9. The largest absolute Gasteiger partial charge is 0.394 e. The Morgan fingerprint density at radius 2 is 1.43 bits per heavy atom. The molecule has 0 saturated heterocycles. The van der Waals surface area contributed by atoms with Gasteiger partial charge in [0.1, 0.15) is 0 Å². The highest BCUT2D eigenvalue weighted by Gasteiger charge is 2.58. The van der Waals surface area contributed by atoms with Crippen LogP contribution in [0.15, 0.2) is 0 Å². The fourth-order valence-electron chi connectivity index (χ4n) is 3.57. The average molecular weight is 315 g/mol. The summed E-state index contributed by atoms with van der Waals surface area (Å²) in [5.41, 5.74) is 0.682. The number of hydrogen-bond acceptors (Lipinski definition) is 2. The summed E-state index contributed by atoms with van der Waals surface area (Å²) in [5.74, 6) is 0.597. The van der Waals surface area contributed by atoms with Crippen molar-refractivity contribution in [2.45, 2.75) is 97.1 Å². The third-order valence-corrected chi connectivity index (χ3v) is 10.8. The number of hydrogen-bond donors (Lipinski definition) is 0. The van der Waals surface area contributed by atoms with Crippen LogP contribution in [0.1, 0.15) is 86.5 Å². The van der Waals surface area contributed by atoms with Crippen molar-refractivity contribution in [1.82, 2.24) is 0 Å². The molecule has 0 aliphatic heterocycles. The molecule has 1 fully saturated rings. The van der Waals surface area contributed by atoms with Crippen molar-refractivity contribution in [2.75, 3.05) is 13.2 Å². The van der Waals surface area contributed by atoms with Crippen LogP contribution >= 0.6 is 0 Å². The van der Waals surface area contributed by atoms with E-state index in [0.29, 0.717) is 11.5 Å². The molecule has 1 aliphatic rings. The molecule has 1 aliphatic carbocycles. The van der Waals surface area contributed by atoms with E-state index in [1.165, 1.54) is 32.1 Å². The molecule has 0 heterocycles. The maximum atomic E-state index is 6.66. The van der Waals surface area contributed by atoms with E-state index in [0.717, 1.165) is 26.1 Å². The van der Waals surface area contributed by atoms with E-state index in [-0.39, 0.29) is 5.04 Å². The van der Waals surface area contributed by atoms with E-state index in [9.17, 15) is 0 Å². The molecule has 2 nitrogen and oxygen atoms in total. The highest BCUT2D eigenvalue weighted by molar-refractivity contribution is 6.72. The first-order chi connectivity index (χ1) is 9.92. The van der Waals surface area contributed by atoms with Crippen LogP contribution in [0.25, 0.3) is 0 Å². The summed E-state index contributed by atoms with van der Waals surface area (Å²) in [6.45, 7) is 15.6. The van der Waals surface area contributed by atoms with Crippen molar-refractivity contribution in [1.29, 1.82) is 0 Å². The molecular weight excluding hydrogens is 276 g/mol. The van der Waals surface area contributed by atoms with Crippen molar-refractivity contribution in [3.05, 3.63) is 0 Å². The molecule has 126 valence electrons. The van der Waals surface area contributed by atoms with E-state index >= 15 is 0 Å². The second kappa shape index (κ2) is 8.69.